The van der Waals surface area contributed by atoms with Gasteiger partial charge in [-0.25, -0.2) is 0 Å². The van der Waals surface area contributed by atoms with Crippen molar-refractivity contribution in [2.24, 2.45) is 0 Å². The molecule has 0 unspecified atom stereocenters. The number of phenols is 1. The summed E-state index contributed by atoms with van der Waals surface area (Å²) >= 11 is 0. The fraction of sp³-hybridized carbons (Fsp3) is 0.300. The van der Waals surface area contributed by atoms with E-state index in [0.29, 0.717) is 31.5 Å². The van der Waals surface area contributed by atoms with Crippen LogP contribution in [0.4, 0.5) is 0 Å². The number of rotatable bonds is 5. The van der Waals surface area contributed by atoms with Crippen LogP contribution in [0.2, 0.25) is 0 Å². The van der Waals surface area contributed by atoms with Crippen molar-refractivity contribution in [1.29, 1.82) is 0 Å². The topological polar surface area (TPSA) is 78.9 Å². The van der Waals surface area contributed by atoms with Gasteiger partial charge in [0, 0.05) is 24.7 Å². The average molecular weight is 354 g/mol. The second-order valence-corrected chi connectivity index (χ2v) is 6.26. The number of nitrogens with one attached hydrogen (secondary N) is 1. The predicted molar refractivity (Wildman–Crippen MR) is 97.1 cm³/mol. The number of para-hydroxylation sites is 2. The number of carbonyl (C=O) groups excluding carboxylic acids is 2. The number of phenolic OH excluding ortho intramolecular Hbond substituents is 1. The molecule has 3 rings (SSSR count). The van der Waals surface area contributed by atoms with Gasteiger partial charge in [-0.15, -0.1) is 0 Å². The number of nitrogens with zero attached hydrogens (tertiary/aromatic N) is 1. The van der Waals surface area contributed by atoms with E-state index in [2.05, 4.69) is 5.32 Å². The number of ether oxygens (including phenoxy) is 1. The fourth-order valence-corrected chi connectivity index (χ4v) is 2.98. The number of amides is 2. The molecule has 2 aromatic rings. The zero-order chi connectivity index (χ0) is 18.4. The first-order valence-corrected chi connectivity index (χ1v) is 8.68. The first kappa shape index (κ1) is 17.8. The van der Waals surface area contributed by atoms with Gasteiger partial charge in [-0.1, -0.05) is 30.3 Å². The van der Waals surface area contributed by atoms with Crippen molar-refractivity contribution in [1.82, 2.24) is 10.2 Å². The number of hydrogen-bond acceptors (Lipinski definition) is 4. The Morgan fingerprint density at radius 2 is 1.69 bits per heavy atom. The molecule has 1 aliphatic heterocycles. The minimum atomic E-state index is -0.235. The van der Waals surface area contributed by atoms with Gasteiger partial charge in [0.15, 0.2) is 18.1 Å². The number of benzene rings is 2. The van der Waals surface area contributed by atoms with Crippen LogP contribution in [0.15, 0.2) is 54.6 Å². The minimum Gasteiger partial charge on any atom is -0.504 e. The van der Waals surface area contributed by atoms with E-state index in [-0.39, 0.29) is 36.0 Å². The summed E-state index contributed by atoms with van der Waals surface area (Å²) in [5, 5.41) is 12.6. The second-order valence-electron chi connectivity index (χ2n) is 6.26. The van der Waals surface area contributed by atoms with Crippen LogP contribution >= 0.6 is 0 Å². The molecule has 26 heavy (non-hydrogen) atoms. The number of likely N-dealkylation sites (tertiary alicyclic amines) is 1. The van der Waals surface area contributed by atoms with Gasteiger partial charge >= 0.3 is 0 Å². The zero-order valence-electron chi connectivity index (χ0n) is 14.4. The lowest BCUT2D eigenvalue weighted by atomic mass is 10.0. The molecule has 2 aromatic carbocycles. The highest BCUT2D eigenvalue weighted by atomic mass is 16.5. The molecule has 2 amide bonds. The maximum absolute atomic E-state index is 12.4. The Kier molecular flexibility index (Phi) is 5.73. The number of piperidine rings is 1. The van der Waals surface area contributed by atoms with Crippen LogP contribution in [0, 0.1) is 0 Å². The van der Waals surface area contributed by atoms with Crippen LogP contribution in [-0.4, -0.2) is 47.6 Å². The maximum Gasteiger partial charge on any atom is 0.258 e. The molecule has 0 bridgehead atoms. The van der Waals surface area contributed by atoms with Gasteiger partial charge in [0.2, 0.25) is 0 Å². The molecule has 6 heteroatoms. The lowest BCUT2D eigenvalue weighted by Gasteiger charge is -2.32. The number of carbonyl (C=O) groups is 2. The third-order valence-corrected chi connectivity index (χ3v) is 4.39. The molecular weight excluding hydrogens is 332 g/mol. The highest BCUT2D eigenvalue weighted by Gasteiger charge is 2.24. The van der Waals surface area contributed by atoms with Crippen LogP contribution < -0.4 is 10.1 Å². The summed E-state index contributed by atoms with van der Waals surface area (Å²) in [4.78, 5) is 26.3. The van der Waals surface area contributed by atoms with Gasteiger partial charge in [0.05, 0.1) is 0 Å². The van der Waals surface area contributed by atoms with Gasteiger partial charge in [-0.3, -0.25) is 9.59 Å². The van der Waals surface area contributed by atoms with E-state index >= 15 is 0 Å². The quantitative estimate of drug-likeness (QED) is 0.863. The SMILES string of the molecule is O=C(COc1ccccc1O)NC1CCN(C(=O)c2ccccc2)CC1. The zero-order valence-corrected chi connectivity index (χ0v) is 14.4. The summed E-state index contributed by atoms with van der Waals surface area (Å²) < 4.78 is 5.33. The molecule has 1 aliphatic rings. The monoisotopic (exact) mass is 354 g/mol. The van der Waals surface area contributed by atoms with Crippen LogP contribution in [0.1, 0.15) is 23.2 Å². The van der Waals surface area contributed by atoms with Crippen molar-refractivity contribution in [2.75, 3.05) is 19.7 Å². The molecule has 0 saturated carbocycles. The molecule has 0 aliphatic carbocycles. The average Bonchev–Trinajstić information content (AvgIpc) is 2.68. The molecule has 0 radical (unpaired) electrons. The van der Waals surface area contributed by atoms with Crippen molar-refractivity contribution >= 4 is 11.8 Å². The molecule has 1 fully saturated rings. The van der Waals surface area contributed by atoms with Crippen molar-refractivity contribution in [3.05, 3.63) is 60.2 Å². The van der Waals surface area contributed by atoms with Gasteiger partial charge in [0.1, 0.15) is 0 Å². The third-order valence-electron chi connectivity index (χ3n) is 4.39. The highest BCUT2D eigenvalue weighted by molar-refractivity contribution is 5.94. The van der Waals surface area contributed by atoms with Gasteiger partial charge in [-0.2, -0.15) is 0 Å². The lowest BCUT2D eigenvalue weighted by molar-refractivity contribution is -0.124. The summed E-state index contributed by atoms with van der Waals surface area (Å²) in [7, 11) is 0. The van der Waals surface area contributed by atoms with Crippen LogP contribution in [0.5, 0.6) is 11.5 Å². The van der Waals surface area contributed by atoms with Gasteiger partial charge in [-0.05, 0) is 37.1 Å². The van der Waals surface area contributed by atoms with Crippen molar-refractivity contribution in [3.63, 3.8) is 0 Å². The summed E-state index contributed by atoms with van der Waals surface area (Å²) in [5.41, 5.74) is 0.686. The summed E-state index contributed by atoms with van der Waals surface area (Å²) in [6, 6.07) is 15.8. The van der Waals surface area contributed by atoms with E-state index in [4.69, 9.17) is 4.74 Å². The Morgan fingerprint density at radius 1 is 1.04 bits per heavy atom. The molecule has 1 saturated heterocycles. The molecule has 6 nitrogen and oxygen atoms in total. The molecule has 2 N–H and O–H groups in total. The molecule has 136 valence electrons. The largest absolute Gasteiger partial charge is 0.504 e. The Morgan fingerprint density at radius 3 is 2.38 bits per heavy atom. The Hall–Kier alpha value is -3.02. The molecule has 0 spiro atoms. The minimum absolute atomic E-state index is 0.00744. The first-order chi connectivity index (χ1) is 12.6. The standard InChI is InChI=1S/C20H22N2O4/c23-17-8-4-5-9-18(17)26-14-19(24)21-16-10-12-22(13-11-16)20(25)15-6-2-1-3-7-15/h1-9,16,23H,10-14H2,(H,21,24). The Labute approximate surface area is 152 Å². The van der Waals surface area contributed by atoms with E-state index in [9.17, 15) is 14.7 Å². The molecule has 1 heterocycles. The van der Waals surface area contributed by atoms with Gasteiger partial charge in [0.25, 0.3) is 11.8 Å². The van der Waals surface area contributed by atoms with Crippen LogP contribution in [0.3, 0.4) is 0 Å². The van der Waals surface area contributed by atoms with Crippen molar-refractivity contribution in [3.8, 4) is 11.5 Å². The summed E-state index contributed by atoms with van der Waals surface area (Å²) in [6.45, 7) is 1.07. The third kappa shape index (κ3) is 4.53. The van der Waals surface area contributed by atoms with E-state index in [1.807, 2.05) is 35.2 Å². The van der Waals surface area contributed by atoms with E-state index in [1.54, 1.807) is 18.2 Å². The first-order valence-electron chi connectivity index (χ1n) is 8.68. The van der Waals surface area contributed by atoms with Crippen molar-refractivity contribution < 1.29 is 19.4 Å². The molecule has 0 atom stereocenters. The van der Waals surface area contributed by atoms with Crippen LogP contribution in [0.25, 0.3) is 0 Å². The summed E-state index contributed by atoms with van der Waals surface area (Å²) in [5.74, 6) is 0.0818. The van der Waals surface area contributed by atoms with Crippen LogP contribution in [-0.2, 0) is 4.79 Å². The maximum atomic E-state index is 12.4. The molecular formula is C20H22N2O4. The van der Waals surface area contributed by atoms with Gasteiger partial charge < -0.3 is 20.1 Å². The normalized spacial score (nSPS) is 14.7. The highest BCUT2D eigenvalue weighted by Crippen LogP contribution is 2.24. The van der Waals surface area contributed by atoms with Crippen molar-refractivity contribution in [2.45, 2.75) is 18.9 Å². The van der Waals surface area contributed by atoms with E-state index in [1.165, 1.54) is 6.07 Å². The van der Waals surface area contributed by atoms with E-state index in [0.717, 1.165) is 0 Å². The fourth-order valence-electron chi connectivity index (χ4n) is 2.98. The number of hydrogen-bond donors (Lipinski definition) is 2. The Balaban J connectivity index is 1.43. The van der Waals surface area contributed by atoms with E-state index < -0.39 is 0 Å². The molecule has 0 aromatic heterocycles. The predicted octanol–water partition coefficient (Wildman–Crippen LogP) is 2.19. The lowest BCUT2D eigenvalue weighted by Crippen LogP contribution is -2.47. The Bertz CT molecular complexity index is 755. The summed E-state index contributed by atoms with van der Waals surface area (Å²) in [6.07, 6.45) is 1.42. The smallest absolute Gasteiger partial charge is 0.258 e. The second kappa shape index (κ2) is 8.38. The number of aromatic hydroxyl groups is 1.